The predicted molar refractivity (Wildman–Crippen MR) is 93.3 cm³/mol. The summed E-state index contributed by atoms with van der Waals surface area (Å²) in [6.45, 7) is 4.17. The van der Waals surface area contributed by atoms with Crippen LogP contribution in [0.15, 0.2) is 54.1 Å². The highest BCUT2D eigenvalue weighted by molar-refractivity contribution is 7.92. The fourth-order valence-corrected chi connectivity index (χ4v) is 3.17. The Balaban J connectivity index is 2.26. The monoisotopic (exact) mass is 349 g/mol. The van der Waals surface area contributed by atoms with Crippen LogP contribution in [0, 0.1) is 0 Å². The molecule has 2 N–H and O–H groups in total. The number of sulfonamides is 1. The zero-order chi connectivity index (χ0) is 17.6. The lowest BCUT2D eigenvalue weighted by molar-refractivity contribution is 0.392. The van der Waals surface area contributed by atoms with Crippen LogP contribution in [0.5, 0.6) is 11.5 Å². The molecule has 128 valence electrons. The number of ether oxygens (including phenoxy) is 2. The Bertz CT molecular complexity index is 805. The number of nitrogens with zero attached hydrogens (tertiary/aromatic N) is 1. The fraction of sp³-hybridized carbons (Fsp3) is 0.188. The van der Waals surface area contributed by atoms with Crippen molar-refractivity contribution in [3.8, 4) is 11.5 Å². The molecule has 0 atom stereocenters. The van der Waals surface area contributed by atoms with Gasteiger partial charge in [0.15, 0.2) is 0 Å². The first-order valence-electron chi connectivity index (χ1n) is 7.06. The molecular weight excluding hydrogens is 330 g/mol. The van der Waals surface area contributed by atoms with Gasteiger partial charge in [0.05, 0.1) is 26.1 Å². The Labute approximate surface area is 141 Å². The average molecular weight is 349 g/mol. The van der Waals surface area contributed by atoms with Crippen LogP contribution in [0.1, 0.15) is 0 Å². The van der Waals surface area contributed by atoms with Crippen molar-refractivity contribution in [2.24, 2.45) is 0 Å². The van der Waals surface area contributed by atoms with Crippen molar-refractivity contribution in [1.29, 1.82) is 0 Å². The third-order valence-electron chi connectivity index (χ3n) is 3.10. The minimum atomic E-state index is -3.85. The molecular formula is C16H19N3O4S. The lowest BCUT2D eigenvalue weighted by atomic mass is 10.3. The maximum Gasteiger partial charge on any atom is 0.265 e. The molecule has 0 unspecified atom stereocenters. The van der Waals surface area contributed by atoms with E-state index in [2.05, 4.69) is 21.6 Å². The molecule has 7 nitrogen and oxygen atoms in total. The third-order valence-corrected chi connectivity index (χ3v) is 4.51. The largest absolute Gasteiger partial charge is 0.497 e. The summed E-state index contributed by atoms with van der Waals surface area (Å²) >= 11 is 0. The molecule has 0 amide bonds. The van der Waals surface area contributed by atoms with Crippen molar-refractivity contribution in [3.05, 3.63) is 49.2 Å². The Morgan fingerprint density at radius 1 is 1.21 bits per heavy atom. The van der Waals surface area contributed by atoms with E-state index in [9.17, 15) is 8.42 Å². The molecule has 1 aromatic heterocycles. The highest BCUT2D eigenvalue weighted by atomic mass is 32.2. The van der Waals surface area contributed by atoms with E-state index in [1.165, 1.54) is 32.5 Å². The minimum absolute atomic E-state index is 0.0155. The maximum absolute atomic E-state index is 12.6. The molecule has 2 aromatic rings. The second-order valence-electron chi connectivity index (χ2n) is 4.72. The first kappa shape index (κ1) is 17.6. The van der Waals surface area contributed by atoms with Crippen LogP contribution in [0.3, 0.4) is 0 Å². The van der Waals surface area contributed by atoms with Crippen LogP contribution >= 0.6 is 0 Å². The Hall–Kier alpha value is -2.74. The number of hydrogen-bond donors (Lipinski definition) is 2. The first-order valence-corrected chi connectivity index (χ1v) is 8.54. The van der Waals surface area contributed by atoms with Crippen molar-refractivity contribution >= 4 is 21.5 Å². The van der Waals surface area contributed by atoms with Crippen LogP contribution in [0.25, 0.3) is 0 Å². The molecule has 8 heteroatoms. The molecule has 2 rings (SSSR count). The van der Waals surface area contributed by atoms with Gasteiger partial charge in [-0.05, 0) is 24.3 Å². The standard InChI is InChI=1S/C16H19N3O4S/c1-4-9-17-16-8-5-12(11-18-16)19-24(20,21)15-10-13(22-2)6-7-14(15)23-3/h4-8,10-11,19H,1,9H2,2-3H3,(H,17,18). The smallest absolute Gasteiger partial charge is 0.265 e. The number of nitrogens with one attached hydrogen (secondary N) is 2. The SMILES string of the molecule is C=CCNc1ccc(NS(=O)(=O)c2cc(OC)ccc2OC)cn1. The molecule has 0 aliphatic carbocycles. The zero-order valence-corrected chi connectivity index (χ0v) is 14.3. The summed E-state index contributed by atoms with van der Waals surface area (Å²) in [5, 5.41) is 3.01. The molecule has 1 aromatic carbocycles. The minimum Gasteiger partial charge on any atom is -0.497 e. The lowest BCUT2D eigenvalue weighted by Gasteiger charge is -2.13. The second kappa shape index (κ2) is 7.69. The molecule has 0 saturated carbocycles. The van der Waals surface area contributed by atoms with Gasteiger partial charge in [0.25, 0.3) is 10.0 Å². The van der Waals surface area contributed by atoms with Gasteiger partial charge in [-0.1, -0.05) is 6.08 Å². The van der Waals surface area contributed by atoms with Gasteiger partial charge in [-0.2, -0.15) is 0 Å². The highest BCUT2D eigenvalue weighted by Crippen LogP contribution is 2.29. The summed E-state index contributed by atoms with van der Waals surface area (Å²) < 4.78 is 37.9. The summed E-state index contributed by atoms with van der Waals surface area (Å²) in [5.41, 5.74) is 0.337. The van der Waals surface area contributed by atoms with E-state index in [0.717, 1.165) is 0 Å². The van der Waals surface area contributed by atoms with Crippen LogP contribution in [0.4, 0.5) is 11.5 Å². The molecule has 0 saturated heterocycles. The molecule has 0 fully saturated rings. The number of benzene rings is 1. The van der Waals surface area contributed by atoms with Crippen LogP contribution in [-0.2, 0) is 10.0 Å². The van der Waals surface area contributed by atoms with E-state index in [0.29, 0.717) is 23.8 Å². The molecule has 0 radical (unpaired) electrons. The number of aromatic nitrogens is 1. The van der Waals surface area contributed by atoms with Gasteiger partial charge in [-0.15, -0.1) is 6.58 Å². The zero-order valence-electron chi connectivity index (χ0n) is 13.4. The second-order valence-corrected chi connectivity index (χ2v) is 6.37. The quantitative estimate of drug-likeness (QED) is 0.712. The Kier molecular flexibility index (Phi) is 5.64. The van der Waals surface area contributed by atoms with Crippen LogP contribution < -0.4 is 19.5 Å². The predicted octanol–water partition coefficient (Wildman–Crippen LogP) is 2.50. The molecule has 24 heavy (non-hydrogen) atoms. The molecule has 0 aliphatic heterocycles. The molecule has 0 bridgehead atoms. The number of methoxy groups -OCH3 is 2. The number of hydrogen-bond acceptors (Lipinski definition) is 6. The normalized spacial score (nSPS) is 10.8. The van der Waals surface area contributed by atoms with Crippen molar-refractivity contribution in [3.63, 3.8) is 0 Å². The van der Waals surface area contributed by atoms with Crippen LogP contribution in [-0.4, -0.2) is 34.2 Å². The molecule has 0 spiro atoms. The topological polar surface area (TPSA) is 89.5 Å². The summed E-state index contributed by atoms with van der Waals surface area (Å²) in [6.07, 6.45) is 3.13. The Morgan fingerprint density at radius 3 is 2.58 bits per heavy atom. The van der Waals surface area contributed by atoms with E-state index in [-0.39, 0.29) is 10.6 Å². The lowest BCUT2D eigenvalue weighted by Crippen LogP contribution is -2.14. The summed E-state index contributed by atoms with van der Waals surface area (Å²) in [5.74, 6) is 1.26. The average Bonchev–Trinajstić information content (AvgIpc) is 2.60. The van der Waals surface area contributed by atoms with Gasteiger partial charge in [-0.3, -0.25) is 4.72 Å². The number of rotatable bonds is 8. The molecule has 1 heterocycles. The number of anilines is 2. The van der Waals surface area contributed by atoms with Gasteiger partial charge >= 0.3 is 0 Å². The van der Waals surface area contributed by atoms with E-state index in [1.807, 2.05) is 0 Å². The van der Waals surface area contributed by atoms with Gasteiger partial charge in [-0.25, -0.2) is 13.4 Å². The van der Waals surface area contributed by atoms with Gasteiger partial charge in [0, 0.05) is 12.6 Å². The summed E-state index contributed by atoms with van der Waals surface area (Å²) in [6, 6.07) is 7.84. The highest BCUT2D eigenvalue weighted by Gasteiger charge is 2.21. The van der Waals surface area contributed by atoms with Gasteiger partial charge in [0.1, 0.15) is 22.2 Å². The van der Waals surface area contributed by atoms with E-state index in [4.69, 9.17) is 9.47 Å². The summed E-state index contributed by atoms with van der Waals surface area (Å²) in [7, 11) is -0.982. The van der Waals surface area contributed by atoms with Crippen molar-refractivity contribution in [1.82, 2.24) is 4.98 Å². The van der Waals surface area contributed by atoms with Crippen LogP contribution in [0.2, 0.25) is 0 Å². The van der Waals surface area contributed by atoms with E-state index in [1.54, 1.807) is 24.3 Å². The molecule has 0 aliphatic rings. The third kappa shape index (κ3) is 4.17. The fourth-order valence-electron chi connectivity index (χ4n) is 1.94. The Morgan fingerprint density at radius 2 is 2.00 bits per heavy atom. The van der Waals surface area contributed by atoms with Crippen molar-refractivity contribution in [2.45, 2.75) is 4.90 Å². The van der Waals surface area contributed by atoms with E-state index >= 15 is 0 Å². The van der Waals surface area contributed by atoms with E-state index < -0.39 is 10.0 Å². The van der Waals surface area contributed by atoms with Gasteiger partial charge in [0.2, 0.25) is 0 Å². The first-order chi connectivity index (χ1) is 11.5. The van der Waals surface area contributed by atoms with Crippen molar-refractivity contribution in [2.75, 3.05) is 30.8 Å². The maximum atomic E-state index is 12.6. The number of pyridine rings is 1. The van der Waals surface area contributed by atoms with Gasteiger partial charge < -0.3 is 14.8 Å². The van der Waals surface area contributed by atoms with Crippen molar-refractivity contribution < 1.29 is 17.9 Å². The summed E-state index contributed by atoms with van der Waals surface area (Å²) in [4.78, 5) is 4.11.